The van der Waals surface area contributed by atoms with Crippen LogP contribution in [0.15, 0.2) is 30.3 Å². The summed E-state index contributed by atoms with van der Waals surface area (Å²) < 4.78 is 0. The molecule has 5 nitrogen and oxygen atoms in total. The van der Waals surface area contributed by atoms with E-state index in [9.17, 15) is 9.59 Å². The van der Waals surface area contributed by atoms with Crippen molar-refractivity contribution in [1.82, 2.24) is 10.2 Å². The Morgan fingerprint density at radius 1 is 1.12 bits per heavy atom. The molecule has 3 rings (SSSR count). The van der Waals surface area contributed by atoms with Gasteiger partial charge in [0.05, 0.1) is 0 Å². The van der Waals surface area contributed by atoms with Gasteiger partial charge in [0.2, 0.25) is 5.91 Å². The second-order valence-corrected chi connectivity index (χ2v) is 7.49. The minimum atomic E-state index is -0.0395. The first-order chi connectivity index (χ1) is 12.1. The third-order valence-electron chi connectivity index (χ3n) is 5.48. The fourth-order valence-corrected chi connectivity index (χ4v) is 4.07. The zero-order valence-corrected chi connectivity index (χ0v) is 16.0. The minimum Gasteiger partial charge on any atom is -0.352 e. The van der Waals surface area contributed by atoms with Crippen molar-refractivity contribution in [3.8, 4) is 0 Å². The van der Waals surface area contributed by atoms with Gasteiger partial charge in [-0.2, -0.15) is 0 Å². The Bertz CT molecular complexity index is 596. The second-order valence-electron chi connectivity index (χ2n) is 7.49. The van der Waals surface area contributed by atoms with E-state index < -0.39 is 0 Å². The summed E-state index contributed by atoms with van der Waals surface area (Å²) in [6.07, 6.45) is 5.96. The van der Waals surface area contributed by atoms with Crippen LogP contribution in [0.2, 0.25) is 0 Å². The fraction of sp³-hybridized carbons (Fsp3) is 0.600. The van der Waals surface area contributed by atoms with Gasteiger partial charge in [0, 0.05) is 37.2 Å². The van der Waals surface area contributed by atoms with Crippen LogP contribution in [0.25, 0.3) is 0 Å². The molecule has 0 bridgehead atoms. The van der Waals surface area contributed by atoms with Crippen LogP contribution in [0.4, 0.5) is 0 Å². The molecule has 2 fully saturated rings. The number of carbonyl (C=O) groups excluding carboxylic acids is 2. The van der Waals surface area contributed by atoms with Crippen LogP contribution in [0.1, 0.15) is 48.9 Å². The zero-order chi connectivity index (χ0) is 17.6. The number of amides is 2. The summed E-state index contributed by atoms with van der Waals surface area (Å²) in [5, 5.41) is 3.02. The van der Waals surface area contributed by atoms with Gasteiger partial charge < -0.3 is 16.0 Å². The molecule has 0 spiro atoms. The molecule has 3 atom stereocenters. The summed E-state index contributed by atoms with van der Waals surface area (Å²) >= 11 is 0. The molecule has 1 aromatic rings. The summed E-state index contributed by atoms with van der Waals surface area (Å²) in [6, 6.07) is 9.44. The lowest BCUT2D eigenvalue weighted by atomic mass is 9.84. The summed E-state index contributed by atoms with van der Waals surface area (Å²) in [4.78, 5) is 27.0. The highest BCUT2D eigenvalue weighted by Crippen LogP contribution is 2.27. The number of nitrogens with two attached hydrogens (primary N) is 1. The summed E-state index contributed by atoms with van der Waals surface area (Å²) in [7, 11) is 0. The maximum atomic E-state index is 12.8. The SMILES string of the molecule is Cl.NC1CCCC(C(=O)N2CCCC(CNC(=O)c3ccccc3)C2)C1. The van der Waals surface area contributed by atoms with E-state index in [1.54, 1.807) is 0 Å². The van der Waals surface area contributed by atoms with E-state index in [4.69, 9.17) is 5.73 Å². The number of halogens is 1. The highest BCUT2D eigenvalue weighted by molar-refractivity contribution is 5.94. The molecule has 0 radical (unpaired) electrons. The van der Waals surface area contributed by atoms with Crippen molar-refractivity contribution in [2.75, 3.05) is 19.6 Å². The predicted molar refractivity (Wildman–Crippen MR) is 105 cm³/mol. The van der Waals surface area contributed by atoms with Crippen LogP contribution in [0.3, 0.4) is 0 Å². The van der Waals surface area contributed by atoms with Crippen LogP contribution >= 0.6 is 12.4 Å². The lowest BCUT2D eigenvalue weighted by Crippen LogP contribution is -2.47. The van der Waals surface area contributed by atoms with Gasteiger partial charge in [0.1, 0.15) is 0 Å². The molecule has 1 saturated heterocycles. The van der Waals surface area contributed by atoms with Crippen LogP contribution in [-0.4, -0.2) is 42.4 Å². The van der Waals surface area contributed by atoms with Crippen LogP contribution in [0.5, 0.6) is 0 Å². The van der Waals surface area contributed by atoms with Crippen molar-refractivity contribution in [2.45, 2.75) is 44.6 Å². The predicted octanol–water partition coefficient (Wildman–Crippen LogP) is 2.59. The number of hydrogen-bond donors (Lipinski definition) is 2. The van der Waals surface area contributed by atoms with E-state index in [1.807, 2.05) is 35.2 Å². The Morgan fingerprint density at radius 3 is 2.62 bits per heavy atom. The van der Waals surface area contributed by atoms with E-state index in [0.717, 1.165) is 51.6 Å². The standard InChI is InChI=1S/C20H29N3O2.ClH/c21-18-10-4-9-17(12-18)20(25)23-11-5-6-15(14-23)13-22-19(24)16-7-2-1-3-8-16;/h1-3,7-8,15,17-18H,4-6,9-14,21H2,(H,22,24);1H. The Labute approximate surface area is 162 Å². The number of nitrogens with one attached hydrogen (secondary N) is 1. The van der Waals surface area contributed by atoms with Crippen molar-refractivity contribution in [1.29, 1.82) is 0 Å². The first kappa shape index (κ1) is 20.7. The maximum absolute atomic E-state index is 12.8. The van der Waals surface area contributed by atoms with E-state index in [0.29, 0.717) is 18.0 Å². The number of carbonyl (C=O) groups is 2. The number of hydrogen-bond acceptors (Lipinski definition) is 3. The van der Waals surface area contributed by atoms with Gasteiger partial charge >= 0.3 is 0 Å². The first-order valence-electron chi connectivity index (χ1n) is 9.51. The molecule has 6 heteroatoms. The number of benzene rings is 1. The molecule has 1 aromatic carbocycles. The van der Waals surface area contributed by atoms with Gasteiger partial charge in [-0.3, -0.25) is 9.59 Å². The molecule has 1 aliphatic carbocycles. The smallest absolute Gasteiger partial charge is 0.251 e. The van der Waals surface area contributed by atoms with Crippen LogP contribution < -0.4 is 11.1 Å². The van der Waals surface area contributed by atoms with Gasteiger partial charge in [-0.25, -0.2) is 0 Å². The molecule has 1 aliphatic heterocycles. The van der Waals surface area contributed by atoms with E-state index in [-0.39, 0.29) is 36.2 Å². The zero-order valence-electron chi connectivity index (χ0n) is 15.2. The molecule has 144 valence electrons. The second kappa shape index (κ2) is 9.93. The summed E-state index contributed by atoms with van der Waals surface area (Å²) in [5.74, 6) is 0.667. The topological polar surface area (TPSA) is 75.4 Å². The van der Waals surface area contributed by atoms with Crippen molar-refractivity contribution < 1.29 is 9.59 Å². The molecular weight excluding hydrogens is 350 g/mol. The van der Waals surface area contributed by atoms with E-state index >= 15 is 0 Å². The molecule has 3 unspecified atom stereocenters. The number of likely N-dealkylation sites (tertiary alicyclic amines) is 1. The average molecular weight is 380 g/mol. The van der Waals surface area contributed by atoms with Crippen molar-refractivity contribution in [3.05, 3.63) is 35.9 Å². The minimum absolute atomic E-state index is 0. The molecule has 1 heterocycles. The summed E-state index contributed by atoms with van der Waals surface area (Å²) in [6.45, 7) is 2.22. The fourth-order valence-electron chi connectivity index (χ4n) is 4.07. The van der Waals surface area contributed by atoms with Crippen LogP contribution in [-0.2, 0) is 4.79 Å². The van der Waals surface area contributed by atoms with E-state index in [2.05, 4.69) is 5.32 Å². The van der Waals surface area contributed by atoms with Crippen LogP contribution in [0, 0.1) is 11.8 Å². The number of piperidine rings is 1. The molecule has 1 saturated carbocycles. The quantitative estimate of drug-likeness (QED) is 0.844. The largest absolute Gasteiger partial charge is 0.352 e. The third kappa shape index (κ3) is 5.45. The number of rotatable bonds is 4. The Kier molecular flexibility index (Phi) is 7.91. The van der Waals surface area contributed by atoms with Crippen molar-refractivity contribution in [2.24, 2.45) is 17.6 Å². The average Bonchev–Trinajstić information content (AvgIpc) is 2.66. The lowest BCUT2D eigenvalue weighted by molar-refractivity contribution is -0.138. The maximum Gasteiger partial charge on any atom is 0.251 e. The van der Waals surface area contributed by atoms with Gasteiger partial charge in [-0.1, -0.05) is 24.6 Å². The molecule has 2 amide bonds. The Hall–Kier alpha value is -1.59. The van der Waals surface area contributed by atoms with Gasteiger partial charge in [-0.05, 0) is 50.2 Å². The lowest BCUT2D eigenvalue weighted by Gasteiger charge is -2.36. The molecule has 0 aromatic heterocycles. The normalized spacial score (nSPS) is 25.9. The van der Waals surface area contributed by atoms with Gasteiger partial charge in [-0.15, -0.1) is 12.4 Å². The van der Waals surface area contributed by atoms with Gasteiger partial charge in [0.15, 0.2) is 0 Å². The Morgan fingerprint density at radius 2 is 1.88 bits per heavy atom. The van der Waals surface area contributed by atoms with Gasteiger partial charge in [0.25, 0.3) is 5.91 Å². The first-order valence-corrected chi connectivity index (χ1v) is 9.51. The molecule has 26 heavy (non-hydrogen) atoms. The van der Waals surface area contributed by atoms with Crippen molar-refractivity contribution in [3.63, 3.8) is 0 Å². The monoisotopic (exact) mass is 379 g/mol. The molecule has 2 aliphatic rings. The highest BCUT2D eigenvalue weighted by atomic mass is 35.5. The molecule has 3 N–H and O–H groups in total. The Balaban J connectivity index is 0.00000243. The van der Waals surface area contributed by atoms with E-state index in [1.165, 1.54) is 0 Å². The number of nitrogens with zero attached hydrogens (tertiary/aromatic N) is 1. The highest BCUT2D eigenvalue weighted by Gasteiger charge is 2.31. The summed E-state index contributed by atoms with van der Waals surface area (Å²) in [5.41, 5.74) is 6.72. The molecular formula is C20H30ClN3O2. The van der Waals surface area contributed by atoms with Crippen molar-refractivity contribution >= 4 is 24.2 Å². The third-order valence-corrected chi connectivity index (χ3v) is 5.48.